The van der Waals surface area contributed by atoms with Crippen molar-refractivity contribution in [3.8, 4) is 5.75 Å². The zero-order valence-corrected chi connectivity index (χ0v) is 14.7. The molecule has 1 aromatic carbocycles. The minimum Gasteiger partial charge on any atom is -0.492 e. The van der Waals surface area contributed by atoms with Crippen LogP contribution in [0, 0.1) is 5.41 Å². The molecule has 0 radical (unpaired) electrons. The molecule has 1 saturated carbocycles. The molecule has 1 aromatic rings. The van der Waals surface area contributed by atoms with E-state index in [1.807, 2.05) is 13.0 Å². The molecule has 106 valence electrons. The lowest BCUT2D eigenvalue weighted by atomic mass is 10.0. The van der Waals surface area contributed by atoms with Crippen LogP contribution in [-0.2, 0) is 6.54 Å². The molecule has 19 heavy (non-hydrogen) atoms. The smallest absolute Gasteiger partial charge is 0.138 e. The van der Waals surface area contributed by atoms with Gasteiger partial charge in [0.05, 0.1) is 11.1 Å². The highest BCUT2D eigenvalue weighted by Gasteiger charge is 2.39. The molecule has 0 atom stereocenters. The van der Waals surface area contributed by atoms with Crippen LogP contribution in [-0.4, -0.2) is 13.2 Å². The Bertz CT molecular complexity index is 444. The lowest BCUT2D eigenvalue weighted by molar-refractivity contribution is 0.332. The van der Waals surface area contributed by atoms with E-state index >= 15 is 0 Å². The largest absolute Gasteiger partial charge is 0.492 e. The molecule has 0 aliphatic heterocycles. The predicted octanol–water partition coefficient (Wildman–Crippen LogP) is 4.89. The van der Waals surface area contributed by atoms with Crippen LogP contribution in [0.5, 0.6) is 5.75 Å². The monoisotopic (exact) mass is 389 g/mol. The number of benzene rings is 1. The first kappa shape index (κ1) is 15.3. The van der Waals surface area contributed by atoms with Gasteiger partial charge < -0.3 is 10.1 Å². The summed E-state index contributed by atoms with van der Waals surface area (Å²) in [6, 6.07) is 4.16. The van der Waals surface area contributed by atoms with Crippen LogP contribution in [0.3, 0.4) is 0 Å². The van der Waals surface area contributed by atoms with Gasteiger partial charge in [-0.05, 0) is 59.7 Å². The SMILES string of the molecule is CCOc1c(Br)cc(Br)cc1CNCC1(CC)CC1. The molecule has 1 aliphatic carbocycles. The third-order valence-electron chi connectivity index (χ3n) is 3.90. The Balaban J connectivity index is 2.01. The Morgan fingerprint density at radius 2 is 2.00 bits per heavy atom. The van der Waals surface area contributed by atoms with Crippen LogP contribution in [0.4, 0.5) is 0 Å². The molecule has 0 unspecified atom stereocenters. The first-order chi connectivity index (χ1) is 9.10. The number of rotatable bonds is 7. The maximum Gasteiger partial charge on any atom is 0.138 e. The fourth-order valence-electron chi connectivity index (χ4n) is 2.35. The first-order valence-corrected chi connectivity index (χ1v) is 8.50. The molecule has 0 amide bonds. The van der Waals surface area contributed by atoms with Crippen LogP contribution < -0.4 is 10.1 Å². The summed E-state index contributed by atoms with van der Waals surface area (Å²) < 4.78 is 7.83. The molecule has 1 fully saturated rings. The van der Waals surface area contributed by atoms with Gasteiger partial charge in [-0.15, -0.1) is 0 Å². The summed E-state index contributed by atoms with van der Waals surface area (Å²) in [4.78, 5) is 0. The van der Waals surface area contributed by atoms with E-state index in [9.17, 15) is 0 Å². The van der Waals surface area contributed by atoms with Crippen LogP contribution in [0.2, 0.25) is 0 Å². The molecule has 1 N–H and O–H groups in total. The minimum atomic E-state index is 0.578. The van der Waals surface area contributed by atoms with Crippen LogP contribution in [0.1, 0.15) is 38.7 Å². The summed E-state index contributed by atoms with van der Waals surface area (Å²) in [6.45, 7) is 6.96. The Morgan fingerprint density at radius 1 is 1.26 bits per heavy atom. The van der Waals surface area contributed by atoms with E-state index in [2.05, 4.69) is 50.2 Å². The van der Waals surface area contributed by atoms with Crippen molar-refractivity contribution in [3.05, 3.63) is 26.6 Å². The van der Waals surface area contributed by atoms with Crippen LogP contribution >= 0.6 is 31.9 Å². The summed E-state index contributed by atoms with van der Waals surface area (Å²) in [7, 11) is 0. The van der Waals surface area contributed by atoms with E-state index in [1.54, 1.807) is 0 Å². The zero-order valence-electron chi connectivity index (χ0n) is 11.6. The molecule has 2 nitrogen and oxygen atoms in total. The third-order valence-corrected chi connectivity index (χ3v) is 4.94. The lowest BCUT2D eigenvalue weighted by Gasteiger charge is -2.16. The normalized spacial score (nSPS) is 16.4. The van der Waals surface area contributed by atoms with Gasteiger partial charge in [-0.1, -0.05) is 22.9 Å². The molecular formula is C15H21Br2NO. The molecule has 0 aromatic heterocycles. The highest BCUT2D eigenvalue weighted by Crippen LogP contribution is 2.48. The van der Waals surface area contributed by atoms with Crippen molar-refractivity contribution >= 4 is 31.9 Å². The Hall–Kier alpha value is -0.0600. The zero-order chi connectivity index (χ0) is 13.9. The third kappa shape index (κ3) is 3.96. The molecule has 0 bridgehead atoms. The van der Waals surface area contributed by atoms with Gasteiger partial charge in [0.2, 0.25) is 0 Å². The summed E-state index contributed by atoms with van der Waals surface area (Å²) >= 11 is 7.12. The summed E-state index contributed by atoms with van der Waals surface area (Å²) in [6.07, 6.45) is 4.02. The van der Waals surface area contributed by atoms with E-state index in [-0.39, 0.29) is 0 Å². The fraction of sp³-hybridized carbons (Fsp3) is 0.600. The second kappa shape index (κ2) is 6.59. The van der Waals surface area contributed by atoms with Crippen molar-refractivity contribution < 1.29 is 4.74 Å². The topological polar surface area (TPSA) is 21.3 Å². The maximum absolute atomic E-state index is 5.74. The summed E-state index contributed by atoms with van der Waals surface area (Å²) in [5.41, 5.74) is 1.78. The standard InChI is InChI=1S/C15H21Br2NO/c1-3-15(5-6-15)10-18-9-11-7-12(16)8-13(17)14(11)19-4-2/h7-8,18H,3-6,9-10H2,1-2H3. The van der Waals surface area contributed by atoms with Crippen molar-refractivity contribution in [1.29, 1.82) is 0 Å². The van der Waals surface area contributed by atoms with E-state index in [4.69, 9.17) is 4.74 Å². The highest BCUT2D eigenvalue weighted by molar-refractivity contribution is 9.11. The van der Waals surface area contributed by atoms with Gasteiger partial charge in [-0.2, -0.15) is 0 Å². The molecule has 2 rings (SSSR count). The van der Waals surface area contributed by atoms with Crippen LogP contribution in [0.15, 0.2) is 21.1 Å². The Morgan fingerprint density at radius 3 is 2.58 bits per heavy atom. The quantitative estimate of drug-likeness (QED) is 0.715. The Labute approximate surface area is 132 Å². The second-order valence-corrected chi connectivity index (χ2v) is 7.04. The van der Waals surface area contributed by atoms with Gasteiger partial charge in [-0.25, -0.2) is 0 Å². The van der Waals surface area contributed by atoms with Crippen molar-refractivity contribution in [2.45, 2.75) is 39.7 Å². The average molecular weight is 391 g/mol. The second-order valence-electron chi connectivity index (χ2n) is 5.27. The Kier molecular flexibility index (Phi) is 5.32. The van der Waals surface area contributed by atoms with Crippen molar-refractivity contribution in [3.63, 3.8) is 0 Å². The summed E-state index contributed by atoms with van der Waals surface area (Å²) in [5, 5.41) is 3.59. The van der Waals surface area contributed by atoms with Gasteiger partial charge in [-0.3, -0.25) is 0 Å². The van der Waals surface area contributed by atoms with Gasteiger partial charge in [0.1, 0.15) is 5.75 Å². The highest BCUT2D eigenvalue weighted by atomic mass is 79.9. The number of ether oxygens (including phenoxy) is 1. The molecule has 0 heterocycles. The van der Waals surface area contributed by atoms with Crippen molar-refractivity contribution in [1.82, 2.24) is 5.32 Å². The van der Waals surface area contributed by atoms with E-state index < -0.39 is 0 Å². The van der Waals surface area contributed by atoms with E-state index in [0.717, 1.165) is 27.8 Å². The minimum absolute atomic E-state index is 0.578. The van der Waals surface area contributed by atoms with Gasteiger partial charge >= 0.3 is 0 Å². The lowest BCUT2D eigenvalue weighted by Crippen LogP contribution is -2.23. The van der Waals surface area contributed by atoms with E-state index in [0.29, 0.717) is 12.0 Å². The van der Waals surface area contributed by atoms with E-state index in [1.165, 1.54) is 24.8 Å². The van der Waals surface area contributed by atoms with Crippen molar-refractivity contribution in [2.24, 2.45) is 5.41 Å². The molecule has 0 spiro atoms. The number of hydrogen-bond acceptors (Lipinski definition) is 2. The molecule has 0 saturated heterocycles. The fourth-order valence-corrected chi connectivity index (χ4v) is 3.77. The first-order valence-electron chi connectivity index (χ1n) is 6.91. The molecule has 4 heteroatoms. The predicted molar refractivity (Wildman–Crippen MR) is 86.7 cm³/mol. The summed E-state index contributed by atoms with van der Waals surface area (Å²) in [5.74, 6) is 0.958. The van der Waals surface area contributed by atoms with Gasteiger partial charge in [0.25, 0.3) is 0 Å². The molecule has 1 aliphatic rings. The molecular weight excluding hydrogens is 370 g/mol. The average Bonchev–Trinajstić information content (AvgIpc) is 3.14. The number of halogens is 2. The van der Waals surface area contributed by atoms with Crippen LogP contribution in [0.25, 0.3) is 0 Å². The number of nitrogens with one attached hydrogen (secondary N) is 1. The van der Waals surface area contributed by atoms with Gasteiger partial charge in [0.15, 0.2) is 0 Å². The van der Waals surface area contributed by atoms with Gasteiger partial charge in [0, 0.05) is 23.1 Å². The maximum atomic E-state index is 5.74. The number of hydrogen-bond donors (Lipinski definition) is 1. The van der Waals surface area contributed by atoms with Crippen molar-refractivity contribution in [2.75, 3.05) is 13.2 Å².